The maximum Gasteiger partial charge on any atom is 0.0462 e. The molecule has 0 spiro atoms. The zero-order valence-corrected chi connectivity index (χ0v) is 12.1. The summed E-state index contributed by atoms with van der Waals surface area (Å²) in [6.45, 7) is 4.17. The molecular weight excluding hydrogens is 286 g/mol. The van der Waals surface area contributed by atoms with Crippen LogP contribution in [0.15, 0.2) is 22.7 Å². The predicted octanol–water partition coefficient (Wildman–Crippen LogP) is 4.77. The summed E-state index contributed by atoms with van der Waals surface area (Å²) in [5.41, 5.74) is 1.17. The van der Waals surface area contributed by atoms with Crippen LogP contribution in [0.5, 0.6) is 0 Å². The Morgan fingerprint density at radius 1 is 1.25 bits per heavy atom. The van der Waals surface area contributed by atoms with Crippen molar-refractivity contribution in [1.82, 2.24) is 5.32 Å². The molecule has 0 heterocycles. The smallest absolute Gasteiger partial charge is 0.0462 e. The van der Waals surface area contributed by atoms with Gasteiger partial charge in [0.05, 0.1) is 0 Å². The topological polar surface area (TPSA) is 12.0 Å². The second-order valence-electron chi connectivity index (χ2n) is 3.97. The van der Waals surface area contributed by atoms with Gasteiger partial charge in [-0.3, -0.25) is 0 Å². The highest BCUT2D eigenvalue weighted by Gasteiger charge is 1.99. The number of hydrogen-bond acceptors (Lipinski definition) is 1. The van der Waals surface area contributed by atoms with Gasteiger partial charge in [0.1, 0.15) is 0 Å². The average molecular weight is 305 g/mol. The van der Waals surface area contributed by atoms with Crippen molar-refractivity contribution in [3.8, 4) is 0 Å². The van der Waals surface area contributed by atoms with E-state index < -0.39 is 0 Å². The van der Waals surface area contributed by atoms with Gasteiger partial charge in [0.15, 0.2) is 0 Å². The summed E-state index contributed by atoms with van der Waals surface area (Å²) in [4.78, 5) is 0. The molecule has 0 radical (unpaired) electrons. The Balaban J connectivity index is 2.21. The molecule has 0 fully saturated rings. The van der Waals surface area contributed by atoms with E-state index in [1.807, 2.05) is 12.1 Å². The van der Waals surface area contributed by atoms with Gasteiger partial charge in [0.2, 0.25) is 0 Å². The van der Waals surface area contributed by atoms with E-state index in [1.54, 1.807) is 0 Å². The van der Waals surface area contributed by atoms with Crippen molar-refractivity contribution in [2.75, 3.05) is 6.54 Å². The van der Waals surface area contributed by atoms with Crippen LogP contribution >= 0.6 is 27.5 Å². The molecule has 3 heteroatoms. The first kappa shape index (κ1) is 14.0. The third kappa shape index (κ3) is 5.33. The zero-order chi connectivity index (χ0) is 11.8. The van der Waals surface area contributed by atoms with Crippen molar-refractivity contribution in [2.24, 2.45) is 0 Å². The van der Waals surface area contributed by atoms with E-state index in [0.29, 0.717) is 0 Å². The van der Waals surface area contributed by atoms with Crippen LogP contribution in [0.3, 0.4) is 0 Å². The molecule has 90 valence electrons. The third-order valence-electron chi connectivity index (χ3n) is 2.54. The van der Waals surface area contributed by atoms with Gasteiger partial charge in [0.25, 0.3) is 0 Å². The fourth-order valence-corrected chi connectivity index (χ4v) is 2.31. The number of rotatable bonds is 7. The van der Waals surface area contributed by atoms with Crippen LogP contribution in [-0.4, -0.2) is 6.54 Å². The highest BCUT2D eigenvalue weighted by Crippen LogP contribution is 2.21. The van der Waals surface area contributed by atoms with Crippen LogP contribution in [0.1, 0.15) is 38.2 Å². The lowest BCUT2D eigenvalue weighted by Crippen LogP contribution is -2.14. The van der Waals surface area contributed by atoms with Gasteiger partial charge in [-0.05, 0) is 30.7 Å². The maximum absolute atomic E-state index is 6.12. The van der Waals surface area contributed by atoms with Crippen molar-refractivity contribution < 1.29 is 0 Å². The van der Waals surface area contributed by atoms with Gasteiger partial charge in [-0.25, -0.2) is 0 Å². The lowest BCUT2D eigenvalue weighted by atomic mass is 10.2. The quantitative estimate of drug-likeness (QED) is 0.715. The standard InChI is InChI=1S/C13H19BrClN/c1-2-3-4-5-8-16-10-11-6-7-12(14)9-13(11)15/h6-7,9,16H,2-5,8,10H2,1H3. The molecule has 16 heavy (non-hydrogen) atoms. The summed E-state index contributed by atoms with van der Waals surface area (Å²) in [5.74, 6) is 0. The lowest BCUT2D eigenvalue weighted by Gasteiger charge is -2.06. The van der Waals surface area contributed by atoms with Gasteiger partial charge < -0.3 is 5.32 Å². The molecule has 1 rings (SSSR count). The Morgan fingerprint density at radius 2 is 2.06 bits per heavy atom. The van der Waals surface area contributed by atoms with Gasteiger partial charge >= 0.3 is 0 Å². The normalized spacial score (nSPS) is 10.7. The van der Waals surface area contributed by atoms with Crippen LogP contribution in [0, 0.1) is 0 Å². The maximum atomic E-state index is 6.12. The third-order valence-corrected chi connectivity index (χ3v) is 3.38. The van der Waals surface area contributed by atoms with Gasteiger partial charge in [-0.1, -0.05) is 59.8 Å². The molecule has 1 nitrogen and oxygen atoms in total. The van der Waals surface area contributed by atoms with Crippen LogP contribution in [0.25, 0.3) is 0 Å². The second kappa shape index (κ2) is 8.10. The molecule has 0 bridgehead atoms. The Kier molecular flexibility index (Phi) is 7.10. The number of halogens is 2. The summed E-state index contributed by atoms with van der Waals surface area (Å²) in [6.07, 6.45) is 5.19. The number of benzene rings is 1. The monoisotopic (exact) mass is 303 g/mol. The van der Waals surface area contributed by atoms with E-state index in [4.69, 9.17) is 11.6 Å². The Morgan fingerprint density at radius 3 is 2.75 bits per heavy atom. The first-order valence-corrected chi connectivity index (χ1v) is 7.05. The minimum Gasteiger partial charge on any atom is -0.313 e. The molecule has 0 aliphatic rings. The molecule has 0 atom stereocenters. The SMILES string of the molecule is CCCCCCNCc1ccc(Br)cc1Cl. The van der Waals surface area contributed by atoms with Crippen LogP contribution < -0.4 is 5.32 Å². The van der Waals surface area contributed by atoms with Crippen LogP contribution in [-0.2, 0) is 6.54 Å². The second-order valence-corrected chi connectivity index (χ2v) is 5.30. The first-order valence-electron chi connectivity index (χ1n) is 5.88. The number of nitrogens with one attached hydrogen (secondary N) is 1. The number of unbranched alkanes of at least 4 members (excludes halogenated alkanes) is 3. The van der Waals surface area contributed by atoms with Crippen LogP contribution in [0.2, 0.25) is 5.02 Å². The molecular formula is C13H19BrClN. The molecule has 1 aromatic carbocycles. The molecule has 0 amide bonds. The van der Waals surface area contributed by atoms with Gasteiger partial charge in [-0.2, -0.15) is 0 Å². The highest BCUT2D eigenvalue weighted by atomic mass is 79.9. The van der Waals surface area contributed by atoms with E-state index in [-0.39, 0.29) is 0 Å². The Bertz CT molecular complexity index is 315. The summed E-state index contributed by atoms with van der Waals surface area (Å²) >= 11 is 9.52. The minimum absolute atomic E-state index is 0.829. The first-order chi connectivity index (χ1) is 7.74. The Labute approximate surface area is 112 Å². The summed E-state index contributed by atoms with van der Waals surface area (Å²) in [5, 5.41) is 4.25. The van der Waals surface area contributed by atoms with E-state index in [1.165, 1.54) is 31.2 Å². The van der Waals surface area contributed by atoms with Crippen molar-refractivity contribution in [2.45, 2.75) is 39.2 Å². The van der Waals surface area contributed by atoms with Gasteiger partial charge in [-0.15, -0.1) is 0 Å². The minimum atomic E-state index is 0.829. The summed E-state index contributed by atoms with van der Waals surface area (Å²) in [6, 6.07) is 6.03. The molecule has 0 saturated heterocycles. The van der Waals surface area contributed by atoms with Crippen LogP contribution in [0.4, 0.5) is 0 Å². The predicted molar refractivity (Wildman–Crippen MR) is 75.0 cm³/mol. The Hall–Kier alpha value is -0.0500. The van der Waals surface area contributed by atoms with Gasteiger partial charge in [0, 0.05) is 16.0 Å². The molecule has 1 aromatic rings. The molecule has 0 unspecified atom stereocenters. The molecule has 0 saturated carbocycles. The number of hydrogen-bond donors (Lipinski definition) is 1. The summed E-state index contributed by atoms with van der Waals surface area (Å²) < 4.78 is 1.03. The average Bonchev–Trinajstić information content (AvgIpc) is 2.26. The van der Waals surface area contributed by atoms with E-state index in [0.717, 1.165) is 22.6 Å². The highest BCUT2D eigenvalue weighted by molar-refractivity contribution is 9.10. The molecule has 0 aliphatic carbocycles. The van der Waals surface area contributed by atoms with Crippen molar-refractivity contribution in [3.05, 3.63) is 33.3 Å². The van der Waals surface area contributed by atoms with E-state index in [9.17, 15) is 0 Å². The lowest BCUT2D eigenvalue weighted by molar-refractivity contribution is 0.598. The zero-order valence-electron chi connectivity index (χ0n) is 9.73. The van der Waals surface area contributed by atoms with Crippen molar-refractivity contribution >= 4 is 27.5 Å². The largest absolute Gasteiger partial charge is 0.313 e. The van der Waals surface area contributed by atoms with Crippen molar-refractivity contribution in [3.63, 3.8) is 0 Å². The molecule has 1 N–H and O–H groups in total. The van der Waals surface area contributed by atoms with Crippen molar-refractivity contribution in [1.29, 1.82) is 0 Å². The fourth-order valence-electron chi connectivity index (χ4n) is 1.56. The van der Waals surface area contributed by atoms with E-state index >= 15 is 0 Å². The molecule has 0 aliphatic heterocycles. The fraction of sp³-hybridized carbons (Fsp3) is 0.538. The molecule has 0 aromatic heterocycles. The summed E-state index contributed by atoms with van der Waals surface area (Å²) in [7, 11) is 0. The van der Waals surface area contributed by atoms with E-state index in [2.05, 4.69) is 34.2 Å².